The number of nitrogens with one attached hydrogen (secondary N) is 2. The van der Waals surface area contributed by atoms with Gasteiger partial charge < -0.3 is 14.8 Å². The van der Waals surface area contributed by atoms with Gasteiger partial charge in [-0.1, -0.05) is 0 Å². The van der Waals surface area contributed by atoms with Crippen molar-refractivity contribution >= 4 is 33.3 Å². The molecule has 7 heteroatoms. The molecule has 136 valence electrons. The van der Waals surface area contributed by atoms with Crippen LogP contribution in [0.3, 0.4) is 0 Å². The molecule has 7 nitrogen and oxygen atoms in total. The molecule has 0 amide bonds. The Bertz CT molecular complexity index is 1110. The first kappa shape index (κ1) is 16.0. The van der Waals surface area contributed by atoms with Crippen molar-refractivity contribution in [3.05, 3.63) is 48.8 Å². The molecule has 0 unspecified atom stereocenters. The van der Waals surface area contributed by atoms with E-state index in [1.807, 2.05) is 30.3 Å². The summed E-state index contributed by atoms with van der Waals surface area (Å²) >= 11 is 0. The first-order chi connectivity index (χ1) is 13.3. The van der Waals surface area contributed by atoms with Crippen molar-refractivity contribution in [1.82, 2.24) is 20.2 Å². The Balaban J connectivity index is 1.44. The van der Waals surface area contributed by atoms with Crippen molar-refractivity contribution in [2.45, 2.75) is 25.6 Å². The Labute approximate surface area is 155 Å². The van der Waals surface area contributed by atoms with Crippen LogP contribution < -0.4 is 10.1 Å². The maximum Gasteiger partial charge on any atom is 0.221 e. The summed E-state index contributed by atoms with van der Waals surface area (Å²) < 4.78 is 11.7. The van der Waals surface area contributed by atoms with Crippen molar-refractivity contribution in [1.29, 1.82) is 0 Å². The van der Waals surface area contributed by atoms with E-state index >= 15 is 0 Å². The third-order valence-corrected chi connectivity index (χ3v) is 4.77. The van der Waals surface area contributed by atoms with Crippen LogP contribution in [0.5, 0.6) is 5.88 Å². The van der Waals surface area contributed by atoms with Crippen LogP contribution in [0.4, 0.5) is 11.5 Å². The number of pyridine rings is 2. The second-order valence-electron chi connectivity index (χ2n) is 6.77. The summed E-state index contributed by atoms with van der Waals surface area (Å²) in [5, 5.41) is 13.6. The predicted molar refractivity (Wildman–Crippen MR) is 103 cm³/mol. The fraction of sp³-hybridized carbons (Fsp3) is 0.250. The number of rotatable bonds is 4. The van der Waals surface area contributed by atoms with E-state index in [2.05, 4.69) is 38.5 Å². The van der Waals surface area contributed by atoms with E-state index < -0.39 is 0 Å². The van der Waals surface area contributed by atoms with Gasteiger partial charge in [-0.05, 0) is 48.7 Å². The molecule has 0 bridgehead atoms. The smallest absolute Gasteiger partial charge is 0.221 e. The topological polar surface area (TPSA) is 85.0 Å². The lowest BCUT2D eigenvalue weighted by Gasteiger charge is -2.13. The van der Waals surface area contributed by atoms with Gasteiger partial charge in [-0.25, -0.2) is 9.97 Å². The number of hydrogen-bond acceptors (Lipinski definition) is 6. The maximum absolute atomic E-state index is 6.08. The highest BCUT2D eigenvalue weighted by Gasteiger charge is 2.24. The number of ether oxygens (including phenoxy) is 2. The Kier molecular flexibility index (Phi) is 3.86. The molecule has 3 aromatic heterocycles. The van der Waals surface area contributed by atoms with Crippen molar-refractivity contribution in [2.75, 3.05) is 11.9 Å². The SMILES string of the molecule is C[C@H]1C[C@H](Oc2nccc3cc(Nc4[nH]nc5ncccc45)ccc23)CO1. The monoisotopic (exact) mass is 361 g/mol. The van der Waals surface area contributed by atoms with Crippen LogP contribution in [0.25, 0.3) is 21.8 Å². The summed E-state index contributed by atoms with van der Waals surface area (Å²) in [5.41, 5.74) is 1.64. The third-order valence-electron chi connectivity index (χ3n) is 4.77. The van der Waals surface area contributed by atoms with E-state index in [1.165, 1.54) is 0 Å². The second-order valence-corrected chi connectivity index (χ2v) is 6.77. The highest BCUT2D eigenvalue weighted by molar-refractivity contribution is 5.92. The zero-order valence-corrected chi connectivity index (χ0v) is 14.8. The van der Waals surface area contributed by atoms with Gasteiger partial charge in [0.05, 0.1) is 18.1 Å². The molecule has 1 saturated heterocycles. The van der Waals surface area contributed by atoms with Gasteiger partial charge >= 0.3 is 0 Å². The van der Waals surface area contributed by atoms with Gasteiger partial charge in [-0.15, -0.1) is 0 Å². The molecule has 4 aromatic rings. The van der Waals surface area contributed by atoms with Crippen LogP contribution >= 0.6 is 0 Å². The Hall–Kier alpha value is -3.19. The molecular formula is C20H19N5O2. The van der Waals surface area contributed by atoms with Crippen LogP contribution in [-0.2, 0) is 4.74 Å². The molecule has 1 aliphatic heterocycles. The zero-order chi connectivity index (χ0) is 18.2. The molecule has 2 N–H and O–H groups in total. The molecule has 5 rings (SSSR count). The molecule has 1 fully saturated rings. The van der Waals surface area contributed by atoms with Crippen LogP contribution in [0.1, 0.15) is 13.3 Å². The van der Waals surface area contributed by atoms with Gasteiger partial charge in [0.2, 0.25) is 5.88 Å². The highest BCUT2D eigenvalue weighted by Crippen LogP contribution is 2.30. The number of aromatic amines is 1. The quantitative estimate of drug-likeness (QED) is 0.575. The number of anilines is 2. The van der Waals surface area contributed by atoms with Gasteiger partial charge in [0.15, 0.2) is 5.65 Å². The number of aromatic nitrogens is 4. The maximum atomic E-state index is 6.08. The molecule has 0 spiro atoms. The number of hydrogen-bond donors (Lipinski definition) is 2. The number of nitrogens with zero attached hydrogens (tertiary/aromatic N) is 3. The van der Waals surface area contributed by atoms with Crippen molar-refractivity contribution < 1.29 is 9.47 Å². The average molecular weight is 361 g/mol. The van der Waals surface area contributed by atoms with Crippen molar-refractivity contribution in [2.24, 2.45) is 0 Å². The predicted octanol–water partition coefficient (Wildman–Crippen LogP) is 3.81. The average Bonchev–Trinajstić information content (AvgIpc) is 3.28. The standard InChI is InChI=1S/C20H19N5O2/c1-12-9-15(11-26-12)27-20-16-5-4-14(10-13(16)6-8-22-20)23-19-17-3-2-7-21-18(17)24-25-19/h2-8,10,12,15H,9,11H2,1H3,(H2,21,23,24,25)/t12-,15-/m0/s1. The van der Waals surface area contributed by atoms with E-state index in [-0.39, 0.29) is 12.2 Å². The lowest BCUT2D eigenvalue weighted by Crippen LogP contribution is -2.17. The largest absolute Gasteiger partial charge is 0.471 e. The van der Waals surface area contributed by atoms with Gasteiger partial charge in [-0.3, -0.25) is 5.10 Å². The van der Waals surface area contributed by atoms with Crippen molar-refractivity contribution in [3.63, 3.8) is 0 Å². The summed E-state index contributed by atoms with van der Waals surface area (Å²) in [4.78, 5) is 8.66. The minimum Gasteiger partial charge on any atom is -0.471 e. The van der Waals surface area contributed by atoms with E-state index in [9.17, 15) is 0 Å². The Morgan fingerprint density at radius 3 is 3.00 bits per heavy atom. The summed E-state index contributed by atoms with van der Waals surface area (Å²) in [6.45, 7) is 2.67. The van der Waals surface area contributed by atoms with Gasteiger partial charge in [0.25, 0.3) is 0 Å². The summed E-state index contributed by atoms with van der Waals surface area (Å²) in [7, 11) is 0. The Morgan fingerprint density at radius 1 is 1.15 bits per heavy atom. The van der Waals surface area contributed by atoms with Gasteiger partial charge in [0, 0.05) is 29.9 Å². The van der Waals surface area contributed by atoms with E-state index in [4.69, 9.17) is 9.47 Å². The fourth-order valence-electron chi connectivity index (χ4n) is 3.43. The molecule has 0 saturated carbocycles. The zero-order valence-electron chi connectivity index (χ0n) is 14.8. The van der Waals surface area contributed by atoms with Gasteiger partial charge in [-0.2, -0.15) is 5.10 Å². The highest BCUT2D eigenvalue weighted by atomic mass is 16.6. The summed E-state index contributed by atoms with van der Waals surface area (Å²) in [6.07, 6.45) is 4.68. The Morgan fingerprint density at radius 2 is 2.11 bits per heavy atom. The molecule has 4 heterocycles. The molecule has 1 aliphatic rings. The normalized spacial score (nSPS) is 19.6. The summed E-state index contributed by atoms with van der Waals surface area (Å²) in [5.74, 6) is 1.47. The third kappa shape index (κ3) is 3.06. The lowest BCUT2D eigenvalue weighted by atomic mass is 10.1. The fourth-order valence-corrected chi connectivity index (χ4v) is 3.43. The van der Waals surface area contributed by atoms with E-state index in [0.717, 1.165) is 34.1 Å². The van der Waals surface area contributed by atoms with Crippen LogP contribution in [0, 0.1) is 0 Å². The second kappa shape index (κ2) is 6.51. The van der Waals surface area contributed by atoms with Gasteiger partial charge in [0.1, 0.15) is 11.9 Å². The van der Waals surface area contributed by atoms with E-state index in [1.54, 1.807) is 12.4 Å². The van der Waals surface area contributed by atoms with Crippen LogP contribution in [-0.4, -0.2) is 39.0 Å². The molecule has 0 aliphatic carbocycles. The molecule has 2 atom stereocenters. The molecule has 1 aromatic carbocycles. The van der Waals surface area contributed by atoms with Crippen LogP contribution in [0.2, 0.25) is 0 Å². The molecular weight excluding hydrogens is 342 g/mol. The minimum absolute atomic E-state index is 0.0553. The van der Waals surface area contributed by atoms with Crippen molar-refractivity contribution in [3.8, 4) is 5.88 Å². The molecule has 27 heavy (non-hydrogen) atoms. The summed E-state index contributed by atoms with van der Waals surface area (Å²) in [6, 6.07) is 12.0. The molecule has 0 radical (unpaired) electrons. The first-order valence-electron chi connectivity index (χ1n) is 8.99. The number of H-pyrrole nitrogens is 1. The number of benzene rings is 1. The first-order valence-corrected chi connectivity index (χ1v) is 8.99. The number of fused-ring (bicyclic) bond motifs is 2. The van der Waals surface area contributed by atoms with Crippen LogP contribution in [0.15, 0.2) is 48.8 Å². The lowest BCUT2D eigenvalue weighted by molar-refractivity contribution is 0.103. The minimum atomic E-state index is 0.0553. The van der Waals surface area contributed by atoms with E-state index in [0.29, 0.717) is 18.1 Å².